The maximum atomic E-state index is 5.18. The van der Waals surface area contributed by atoms with E-state index in [1.807, 2.05) is 0 Å². The molecule has 0 amide bonds. The third-order valence-corrected chi connectivity index (χ3v) is 1.31. The lowest BCUT2D eigenvalue weighted by Gasteiger charge is -2.07. The van der Waals surface area contributed by atoms with Crippen LogP contribution in [-0.2, 0) is 18.9 Å². The minimum absolute atomic E-state index is 0. The molecule has 0 aromatic heterocycles. The topological polar surface area (TPSA) is 36.9 Å². The fourth-order valence-electron chi connectivity index (χ4n) is 0.751. The molecule has 0 aromatic rings. The molecule has 78 valence electrons. The van der Waals surface area contributed by atoms with Crippen LogP contribution >= 0.6 is 12.4 Å². The average Bonchev–Trinajstić information content (AvgIpc) is 2.05. The van der Waals surface area contributed by atoms with Gasteiger partial charge in [0, 0.05) is 0 Å². The van der Waals surface area contributed by atoms with Crippen molar-refractivity contribution in [2.75, 3.05) is 39.6 Å². The highest BCUT2D eigenvalue weighted by atomic mass is 35.5. The van der Waals surface area contributed by atoms with Crippen LogP contribution in [0.15, 0.2) is 12.5 Å². The van der Waals surface area contributed by atoms with E-state index in [1.54, 1.807) is 0 Å². The van der Waals surface area contributed by atoms with Gasteiger partial charge in [-0.2, -0.15) is 0 Å². The second kappa shape index (κ2) is 9.64. The fourth-order valence-corrected chi connectivity index (χ4v) is 0.751. The lowest BCUT2D eigenvalue weighted by atomic mass is 10.7. The maximum Gasteiger partial charge on any atom is 0.117 e. The molecule has 0 N–H and O–H groups in total. The van der Waals surface area contributed by atoms with Crippen molar-refractivity contribution >= 4 is 12.4 Å². The summed E-state index contributed by atoms with van der Waals surface area (Å²) in [6.45, 7) is 3.53. The summed E-state index contributed by atoms with van der Waals surface area (Å²) in [7, 11) is 0. The Labute approximate surface area is 84.2 Å². The molecule has 0 radical (unpaired) electrons. The molecule has 1 aliphatic rings. The largest absolute Gasteiger partial charge is 0.496 e. The van der Waals surface area contributed by atoms with E-state index in [-0.39, 0.29) is 12.4 Å². The van der Waals surface area contributed by atoms with Crippen LogP contribution in [0.25, 0.3) is 0 Å². The maximum absolute atomic E-state index is 5.18. The average molecular weight is 211 g/mol. The third-order valence-electron chi connectivity index (χ3n) is 1.31. The van der Waals surface area contributed by atoms with E-state index in [2.05, 4.69) is 0 Å². The quantitative estimate of drug-likeness (QED) is 0.597. The van der Waals surface area contributed by atoms with Crippen molar-refractivity contribution in [2.45, 2.75) is 0 Å². The van der Waals surface area contributed by atoms with E-state index in [0.717, 1.165) is 0 Å². The molecule has 0 atom stereocenters. The highest BCUT2D eigenvalue weighted by Gasteiger charge is 1.91. The molecule has 0 saturated heterocycles. The van der Waals surface area contributed by atoms with Crippen molar-refractivity contribution < 1.29 is 18.9 Å². The van der Waals surface area contributed by atoms with Crippen LogP contribution < -0.4 is 0 Å². The molecule has 0 spiro atoms. The van der Waals surface area contributed by atoms with E-state index in [9.17, 15) is 0 Å². The highest BCUT2D eigenvalue weighted by molar-refractivity contribution is 5.85. The van der Waals surface area contributed by atoms with Crippen LogP contribution in [0.2, 0.25) is 0 Å². The van der Waals surface area contributed by atoms with Gasteiger partial charge in [0.2, 0.25) is 0 Å². The lowest BCUT2D eigenvalue weighted by molar-refractivity contribution is 0.0116. The number of rotatable bonds is 0. The number of hydrogen-bond acceptors (Lipinski definition) is 4. The molecular weight excluding hydrogens is 196 g/mol. The van der Waals surface area contributed by atoms with Crippen molar-refractivity contribution in [3.63, 3.8) is 0 Å². The van der Waals surface area contributed by atoms with Crippen molar-refractivity contribution in [1.29, 1.82) is 0 Å². The number of halogens is 1. The molecule has 1 aliphatic heterocycles. The molecule has 13 heavy (non-hydrogen) atoms. The molecule has 0 bridgehead atoms. The van der Waals surface area contributed by atoms with E-state index >= 15 is 0 Å². The zero-order valence-corrected chi connectivity index (χ0v) is 8.26. The minimum atomic E-state index is 0. The molecule has 0 aromatic carbocycles. The Balaban J connectivity index is 0.00000144. The van der Waals surface area contributed by atoms with Crippen LogP contribution in [-0.4, -0.2) is 39.6 Å². The molecule has 0 unspecified atom stereocenters. The Morgan fingerprint density at radius 1 is 0.615 bits per heavy atom. The zero-order valence-electron chi connectivity index (χ0n) is 7.44. The van der Waals surface area contributed by atoms with Gasteiger partial charge in [0.25, 0.3) is 0 Å². The molecule has 4 nitrogen and oxygen atoms in total. The van der Waals surface area contributed by atoms with E-state index in [1.165, 1.54) is 12.5 Å². The van der Waals surface area contributed by atoms with Crippen LogP contribution in [0.3, 0.4) is 0 Å². The summed E-state index contributed by atoms with van der Waals surface area (Å²) in [6, 6.07) is 0. The van der Waals surface area contributed by atoms with Gasteiger partial charge in [-0.1, -0.05) is 0 Å². The standard InChI is InChI=1S/C8H14O4.ClH/c1-2-10-5-6-12-8-7-11-4-3-9-1;/h1-2H,3-8H2;1H. The SMILES string of the molecule is C1=COCCOCCOCCO1.Cl. The van der Waals surface area contributed by atoms with Gasteiger partial charge in [0.1, 0.15) is 25.7 Å². The first kappa shape index (κ1) is 12.6. The highest BCUT2D eigenvalue weighted by Crippen LogP contribution is 1.86. The Morgan fingerprint density at radius 3 is 1.46 bits per heavy atom. The second-order valence-corrected chi connectivity index (χ2v) is 2.24. The summed E-state index contributed by atoms with van der Waals surface area (Å²) in [5.41, 5.74) is 0. The normalized spacial score (nSPS) is 19.7. The summed E-state index contributed by atoms with van der Waals surface area (Å²) in [5, 5.41) is 0. The van der Waals surface area contributed by atoms with Crippen molar-refractivity contribution in [1.82, 2.24) is 0 Å². The molecule has 1 heterocycles. The predicted molar refractivity (Wildman–Crippen MR) is 49.9 cm³/mol. The lowest BCUT2D eigenvalue weighted by Crippen LogP contribution is -2.11. The molecule has 0 aliphatic carbocycles. The van der Waals surface area contributed by atoms with Crippen LogP contribution in [0, 0.1) is 0 Å². The van der Waals surface area contributed by atoms with Gasteiger partial charge in [0.05, 0.1) is 26.4 Å². The van der Waals surface area contributed by atoms with Crippen LogP contribution in [0.1, 0.15) is 0 Å². The van der Waals surface area contributed by atoms with E-state index < -0.39 is 0 Å². The van der Waals surface area contributed by atoms with Gasteiger partial charge in [0.15, 0.2) is 0 Å². The van der Waals surface area contributed by atoms with Gasteiger partial charge in [-0.25, -0.2) is 0 Å². The summed E-state index contributed by atoms with van der Waals surface area (Å²) < 4.78 is 20.4. The molecular formula is C8H15ClO4. The van der Waals surface area contributed by atoms with E-state index in [4.69, 9.17) is 18.9 Å². The predicted octanol–water partition coefficient (Wildman–Crippen LogP) is 0.959. The van der Waals surface area contributed by atoms with E-state index in [0.29, 0.717) is 39.6 Å². The van der Waals surface area contributed by atoms with Crippen molar-refractivity contribution in [3.05, 3.63) is 12.5 Å². The molecule has 0 saturated carbocycles. The second-order valence-electron chi connectivity index (χ2n) is 2.24. The summed E-state index contributed by atoms with van der Waals surface area (Å²) in [5.74, 6) is 0. The first-order chi connectivity index (χ1) is 6.00. The first-order valence-electron chi connectivity index (χ1n) is 4.04. The molecule has 5 heteroatoms. The van der Waals surface area contributed by atoms with Gasteiger partial charge in [-0.05, 0) is 0 Å². The van der Waals surface area contributed by atoms with Gasteiger partial charge >= 0.3 is 0 Å². The molecule has 1 rings (SSSR count). The number of hydrogen-bond donors (Lipinski definition) is 0. The summed E-state index contributed by atoms with van der Waals surface area (Å²) in [4.78, 5) is 0. The molecule has 0 fully saturated rings. The summed E-state index contributed by atoms with van der Waals surface area (Å²) in [6.07, 6.45) is 3.04. The Hall–Kier alpha value is -0.450. The Bertz CT molecular complexity index is 115. The Morgan fingerprint density at radius 2 is 1.00 bits per heavy atom. The zero-order chi connectivity index (χ0) is 8.49. The van der Waals surface area contributed by atoms with Gasteiger partial charge in [-0.3, -0.25) is 0 Å². The third kappa shape index (κ3) is 7.90. The minimum Gasteiger partial charge on any atom is -0.496 e. The van der Waals surface area contributed by atoms with Crippen molar-refractivity contribution in [2.24, 2.45) is 0 Å². The van der Waals surface area contributed by atoms with Gasteiger partial charge in [-0.15, -0.1) is 12.4 Å². The number of ether oxygens (including phenoxy) is 4. The smallest absolute Gasteiger partial charge is 0.117 e. The fraction of sp³-hybridized carbons (Fsp3) is 0.750. The van der Waals surface area contributed by atoms with Gasteiger partial charge < -0.3 is 18.9 Å². The monoisotopic (exact) mass is 210 g/mol. The summed E-state index contributed by atoms with van der Waals surface area (Å²) >= 11 is 0. The van der Waals surface area contributed by atoms with Crippen molar-refractivity contribution in [3.8, 4) is 0 Å². The first-order valence-corrected chi connectivity index (χ1v) is 4.04. The Kier molecular flexibility index (Phi) is 9.30. The van der Waals surface area contributed by atoms with Crippen LogP contribution in [0.4, 0.5) is 0 Å². The van der Waals surface area contributed by atoms with Crippen LogP contribution in [0.5, 0.6) is 0 Å².